The first kappa shape index (κ1) is 19.9. The molecule has 0 unspecified atom stereocenters. The fourth-order valence-electron chi connectivity index (χ4n) is 1.93. The third kappa shape index (κ3) is 5.04. The monoisotopic (exact) mass is 399 g/mol. The summed E-state index contributed by atoms with van der Waals surface area (Å²) in [5.41, 5.74) is 0.273. The van der Waals surface area contributed by atoms with Crippen molar-refractivity contribution in [2.24, 2.45) is 0 Å². The van der Waals surface area contributed by atoms with Gasteiger partial charge in [-0.1, -0.05) is 6.07 Å². The van der Waals surface area contributed by atoms with Gasteiger partial charge in [0.2, 0.25) is 0 Å². The molecular formula is C16H17NO7S2. The molecule has 0 spiro atoms. The van der Waals surface area contributed by atoms with Crippen LogP contribution in [0.5, 0.6) is 11.5 Å². The molecule has 0 amide bonds. The molecule has 0 aliphatic carbocycles. The van der Waals surface area contributed by atoms with Crippen LogP contribution in [0.25, 0.3) is 0 Å². The molecule has 0 fully saturated rings. The molecule has 0 saturated carbocycles. The molecule has 0 bridgehead atoms. The van der Waals surface area contributed by atoms with Crippen molar-refractivity contribution in [2.75, 3.05) is 27.4 Å². The van der Waals surface area contributed by atoms with Gasteiger partial charge in [0.15, 0.2) is 23.9 Å². The number of thiophene rings is 1. The summed E-state index contributed by atoms with van der Waals surface area (Å²) in [5.74, 6) is -0.489. The molecule has 26 heavy (non-hydrogen) atoms. The second kappa shape index (κ2) is 8.79. The number of methoxy groups -OCH3 is 2. The molecule has 1 N–H and O–H groups in total. The molecule has 1 aromatic heterocycles. The molecule has 0 saturated heterocycles. The lowest BCUT2D eigenvalue weighted by atomic mass is 10.1. The Morgan fingerprint density at radius 1 is 1.12 bits per heavy atom. The maximum Gasteiger partial charge on any atom is 0.321 e. The highest BCUT2D eigenvalue weighted by Gasteiger charge is 2.18. The lowest BCUT2D eigenvalue weighted by molar-refractivity contribution is -0.141. The Hall–Kier alpha value is -2.43. The third-order valence-corrected chi connectivity index (χ3v) is 6.03. The van der Waals surface area contributed by atoms with Gasteiger partial charge in [-0.3, -0.25) is 9.59 Å². The van der Waals surface area contributed by atoms with Crippen molar-refractivity contribution in [3.63, 3.8) is 0 Å². The van der Waals surface area contributed by atoms with E-state index in [1.54, 1.807) is 17.5 Å². The summed E-state index contributed by atoms with van der Waals surface area (Å²) < 4.78 is 41.0. The van der Waals surface area contributed by atoms with E-state index in [1.165, 1.54) is 32.4 Å². The van der Waals surface area contributed by atoms with Crippen molar-refractivity contribution in [3.05, 3.63) is 41.3 Å². The number of ketones is 1. The minimum absolute atomic E-state index is 0.0895. The quantitative estimate of drug-likeness (QED) is 0.502. The van der Waals surface area contributed by atoms with Crippen LogP contribution in [0.15, 0.2) is 39.9 Å². The summed E-state index contributed by atoms with van der Waals surface area (Å²) in [6, 6.07) is 7.53. The van der Waals surface area contributed by atoms with Gasteiger partial charge in [0, 0.05) is 5.56 Å². The van der Waals surface area contributed by atoms with E-state index in [1.807, 2.05) is 0 Å². The van der Waals surface area contributed by atoms with Crippen LogP contribution in [-0.4, -0.2) is 47.5 Å². The molecule has 2 aromatic rings. The fourth-order valence-corrected chi connectivity index (χ4v) is 3.94. The Balaban J connectivity index is 1.88. The first-order valence-electron chi connectivity index (χ1n) is 7.31. The Bertz CT molecular complexity index is 876. The van der Waals surface area contributed by atoms with E-state index >= 15 is 0 Å². The van der Waals surface area contributed by atoms with Gasteiger partial charge < -0.3 is 14.2 Å². The van der Waals surface area contributed by atoms with Crippen LogP contribution in [-0.2, 0) is 19.6 Å². The van der Waals surface area contributed by atoms with E-state index in [4.69, 9.17) is 14.2 Å². The third-order valence-electron chi connectivity index (χ3n) is 3.24. The van der Waals surface area contributed by atoms with Gasteiger partial charge in [0.25, 0.3) is 10.0 Å². The zero-order valence-corrected chi connectivity index (χ0v) is 15.7. The average molecular weight is 399 g/mol. The summed E-state index contributed by atoms with van der Waals surface area (Å²) in [6.45, 7) is -1.09. The van der Waals surface area contributed by atoms with E-state index in [0.717, 1.165) is 11.3 Å². The van der Waals surface area contributed by atoms with E-state index in [2.05, 4.69) is 4.72 Å². The average Bonchev–Trinajstić information content (AvgIpc) is 3.19. The van der Waals surface area contributed by atoms with Crippen molar-refractivity contribution in [2.45, 2.75) is 4.21 Å². The van der Waals surface area contributed by atoms with Crippen LogP contribution < -0.4 is 14.2 Å². The molecule has 0 atom stereocenters. The highest BCUT2D eigenvalue weighted by atomic mass is 32.2. The number of benzene rings is 1. The lowest BCUT2D eigenvalue weighted by Gasteiger charge is -2.09. The second-order valence-electron chi connectivity index (χ2n) is 4.91. The number of carbonyl (C=O) groups excluding carboxylic acids is 2. The largest absolute Gasteiger partial charge is 0.493 e. The highest BCUT2D eigenvalue weighted by molar-refractivity contribution is 7.91. The number of sulfonamides is 1. The summed E-state index contributed by atoms with van der Waals surface area (Å²) in [4.78, 5) is 23.8. The number of carbonyl (C=O) groups is 2. The van der Waals surface area contributed by atoms with Gasteiger partial charge in [0.05, 0.1) is 14.2 Å². The predicted octanol–water partition coefficient (Wildman–Crippen LogP) is 1.47. The zero-order chi connectivity index (χ0) is 19.2. The van der Waals surface area contributed by atoms with Crippen LogP contribution in [0.1, 0.15) is 10.4 Å². The molecule has 2 rings (SSSR count). The Morgan fingerprint density at radius 3 is 2.46 bits per heavy atom. The Morgan fingerprint density at radius 2 is 1.85 bits per heavy atom. The van der Waals surface area contributed by atoms with E-state index in [-0.39, 0.29) is 9.77 Å². The van der Waals surface area contributed by atoms with Crippen molar-refractivity contribution < 1.29 is 32.2 Å². The van der Waals surface area contributed by atoms with Crippen molar-refractivity contribution in [3.8, 4) is 11.5 Å². The Kier molecular flexibility index (Phi) is 6.72. The summed E-state index contributed by atoms with van der Waals surface area (Å²) >= 11 is 1.02. The molecule has 0 aliphatic rings. The molecule has 10 heteroatoms. The SMILES string of the molecule is COc1ccc(C(=O)COC(=O)CNS(=O)(=O)c2cccs2)cc1OC. The highest BCUT2D eigenvalue weighted by Crippen LogP contribution is 2.27. The molecule has 1 heterocycles. The van der Waals surface area contributed by atoms with E-state index in [9.17, 15) is 18.0 Å². The molecule has 8 nitrogen and oxygen atoms in total. The van der Waals surface area contributed by atoms with Gasteiger partial charge in [0.1, 0.15) is 10.8 Å². The van der Waals surface area contributed by atoms with Gasteiger partial charge in [-0.25, -0.2) is 8.42 Å². The summed E-state index contributed by atoms with van der Waals surface area (Å²) in [5, 5.41) is 1.61. The molecule has 0 radical (unpaired) electrons. The smallest absolute Gasteiger partial charge is 0.321 e. The summed E-state index contributed by atoms with van der Waals surface area (Å²) in [6.07, 6.45) is 0. The van der Waals surface area contributed by atoms with E-state index in [0.29, 0.717) is 11.5 Å². The number of ether oxygens (including phenoxy) is 3. The van der Waals surface area contributed by atoms with Gasteiger partial charge in [-0.2, -0.15) is 4.72 Å². The summed E-state index contributed by atoms with van der Waals surface area (Å²) in [7, 11) is -0.860. The van der Waals surface area contributed by atoms with Crippen LogP contribution in [0.4, 0.5) is 0 Å². The minimum atomic E-state index is -3.77. The normalized spacial score (nSPS) is 11.0. The Labute approximate surface area is 154 Å². The molecular weight excluding hydrogens is 382 g/mol. The van der Waals surface area contributed by atoms with Crippen LogP contribution in [0.2, 0.25) is 0 Å². The number of Topliss-reactive ketones (excluding diaryl/α,β-unsaturated/α-hetero) is 1. The lowest BCUT2D eigenvalue weighted by Crippen LogP contribution is -2.31. The zero-order valence-electron chi connectivity index (χ0n) is 14.1. The molecule has 0 aliphatic heterocycles. The van der Waals surface area contributed by atoms with Crippen molar-refractivity contribution in [1.82, 2.24) is 4.72 Å². The number of rotatable bonds is 9. The maximum atomic E-state index is 12.1. The van der Waals surface area contributed by atoms with Gasteiger partial charge in [-0.15, -0.1) is 11.3 Å². The van der Waals surface area contributed by atoms with Gasteiger partial charge >= 0.3 is 5.97 Å². The number of nitrogens with one attached hydrogen (secondary N) is 1. The molecule has 140 valence electrons. The standard InChI is InChI=1S/C16H17NO7S2/c1-22-13-6-5-11(8-14(13)23-2)12(18)10-24-15(19)9-17-26(20,21)16-4-3-7-25-16/h3-8,17H,9-10H2,1-2H3. The van der Waals surface area contributed by atoms with Crippen LogP contribution in [0.3, 0.4) is 0 Å². The first-order chi connectivity index (χ1) is 12.4. The fraction of sp³-hybridized carbons (Fsp3) is 0.250. The number of hydrogen-bond donors (Lipinski definition) is 1. The van der Waals surface area contributed by atoms with Crippen molar-refractivity contribution in [1.29, 1.82) is 0 Å². The number of esters is 1. The van der Waals surface area contributed by atoms with E-state index < -0.39 is 34.9 Å². The molecule has 1 aromatic carbocycles. The topological polar surface area (TPSA) is 108 Å². The predicted molar refractivity (Wildman–Crippen MR) is 94.3 cm³/mol. The van der Waals surface area contributed by atoms with Crippen LogP contribution >= 0.6 is 11.3 Å². The van der Waals surface area contributed by atoms with Crippen molar-refractivity contribution >= 4 is 33.1 Å². The second-order valence-corrected chi connectivity index (χ2v) is 7.85. The number of hydrogen-bond acceptors (Lipinski definition) is 8. The first-order valence-corrected chi connectivity index (χ1v) is 9.67. The van der Waals surface area contributed by atoms with Gasteiger partial charge in [-0.05, 0) is 29.6 Å². The minimum Gasteiger partial charge on any atom is -0.493 e. The van der Waals surface area contributed by atoms with Crippen LogP contribution in [0, 0.1) is 0 Å². The maximum absolute atomic E-state index is 12.1.